The predicted octanol–water partition coefficient (Wildman–Crippen LogP) is 2.38. The minimum Gasteiger partial charge on any atom is -0.465 e. The Kier molecular flexibility index (Phi) is 5.23. The lowest BCUT2D eigenvalue weighted by atomic mass is 9.78. The van der Waals surface area contributed by atoms with Gasteiger partial charge in [0.15, 0.2) is 0 Å². The van der Waals surface area contributed by atoms with Gasteiger partial charge in [-0.2, -0.15) is 0 Å². The van der Waals surface area contributed by atoms with Crippen molar-refractivity contribution in [1.29, 1.82) is 0 Å². The van der Waals surface area contributed by atoms with Gasteiger partial charge in [0.2, 0.25) is 0 Å². The molecule has 1 aliphatic rings. The molecule has 1 aromatic carbocycles. The molecule has 1 aromatic rings. The second-order valence-corrected chi connectivity index (χ2v) is 5.59. The van der Waals surface area contributed by atoms with Gasteiger partial charge in [-0.3, -0.25) is 4.79 Å². The van der Waals surface area contributed by atoms with Gasteiger partial charge in [0.1, 0.15) is 6.10 Å². The summed E-state index contributed by atoms with van der Waals surface area (Å²) in [6.07, 6.45) is 2.57. The minimum atomic E-state index is -0.0430. The number of hydrogen-bond donors (Lipinski definition) is 1. The molecule has 0 radical (unpaired) electrons. The number of benzene rings is 1. The number of rotatable bonds is 8. The van der Waals surface area contributed by atoms with Crippen molar-refractivity contribution in [2.24, 2.45) is 5.41 Å². The van der Waals surface area contributed by atoms with Gasteiger partial charge < -0.3 is 10.1 Å². The van der Waals surface area contributed by atoms with Crippen LogP contribution in [-0.4, -0.2) is 31.5 Å². The van der Waals surface area contributed by atoms with E-state index in [1.165, 1.54) is 5.56 Å². The van der Waals surface area contributed by atoms with Crippen LogP contribution in [0.25, 0.3) is 0 Å². The Morgan fingerprint density at radius 3 is 2.63 bits per heavy atom. The first-order valence-corrected chi connectivity index (χ1v) is 7.21. The maximum atomic E-state index is 10.6. The average Bonchev–Trinajstić information content (AvgIpc) is 2.41. The summed E-state index contributed by atoms with van der Waals surface area (Å²) >= 11 is 6.04. The zero-order chi connectivity index (χ0) is 13.6. The van der Waals surface area contributed by atoms with Crippen molar-refractivity contribution in [3.8, 4) is 0 Å². The molecule has 104 valence electrons. The molecule has 0 spiro atoms. The van der Waals surface area contributed by atoms with Gasteiger partial charge in [0, 0.05) is 24.4 Å². The summed E-state index contributed by atoms with van der Waals surface area (Å²) in [6, 6.07) is 10.3. The molecular formula is C15H20ClNO2. The quantitative estimate of drug-likeness (QED) is 0.587. The van der Waals surface area contributed by atoms with Crippen LogP contribution < -0.4 is 5.32 Å². The maximum Gasteiger partial charge on any atom is 0.293 e. The third-order valence-corrected chi connectivity index (χ3v) is 4.36. The second kappa shape index (κ2) is 6.92. The van der Waals surface area contributed by atoms with Gasteiger partial charge in [0.05, 0.1) is 0 Å². The zero-order valence-electron chi connectivity index (χ0n) is 11.0. The van der Waals surface area contributed by atoms with E-state index in [1.54, 1.807) is 0 Å². The van der Waals surface area contributed by atoms with Crippen LogP contribution in [0.2, 0.25) is 0 Å². The van der Waals surface area contributed by atoms with Crippen LogP contribution in [0.1, 0.15) is 18.4 Å². The highest BCUT2D eigenvalue weighted by Gasteiger charge is 2.38. The number of alkyl halides is 1. The van der Waals surface area contributed by atoms with E-state index in [0.29, 0.717) is 12.4 Å². The van der Waals surface area contributed by atoms with Crippen LogP contribution in [0, 0.1) is 5.41 Å². The van der Waals surface area contributed by atoms with Crippen molar-refractivity contribution >= 4 is 18.1 Å². The van der Waals surface area contributed by atoms with E-state index in [2.05, 4.69) is 17.4 Å². The first-order valence-electron chi connectivity index (χ1n) is 6.68. The maximum absolute atomic E-state index is 10.6. The van der Waals surface area contributed by atoms with Gasteiger partial charge in [-0.1, -0.05) is 30.3 Å². The second-order valence-electron chi connectivity index (χ2n) is 5.32. The summed E-state index contributed by atoms with van der Waals surface area (Å²) < 4.78 is 5.23. The largest absolute Gasteiger partial charge is 0.465 e. The Bertz CT molecular complexity index is 387. The number of ether oxygens (including phenoxy) is 1. The van der Waals surface area contributed by atoms with Crippen LogP contribution in [0.4, 0.5) is 0 Å². The van der Waals surface area contributed by atoms with Gasteiger partial charge in [-0.25, -0.2) is 0 Å². The number of aryl methyl sites for hydroxylation is 1. The Morgan fingerprint density at radius 1 is 1.37 bits per heavy atom. The lowest BCUT2D eigenvalue weighted by Crippen LogP contribution is -2.56. The van der Waals surface area contributed by atoms with Gasteiger partial charge in [0.25, 0.3) is 6.47 Å². The predicted molar refractivity (Wildman–Crippen MR) is 76.3 cm³/mol. The zero-order valence-corrected chi connectivity index (χ0v) is 11.7. The fourth-order valence-electron chi connectivity index (χ4n) is 2.52. The molecule has 4 heteroatoms. The van der Waals surface area contributed by atoms with Crippen LogP contribution in [0.15, 0.2) is 30.3 Å². The molecule has 1 unspecified atom stereocenters. The fraction of sp³-hybridized carbons (Fsp3) is 0.533. The minimum absolute atomic E-state index is 0.0430. The molecule has 1 atom stereocenters. The highest BCUT2D eigenvalue weighted by molar-refractivity contribution is 6.18. The molecule has 1 saturated heterocycles. The fourth-order valence-corrected chi connectivity index (χ4v) is 2.82. The lowest BCUT2D eigenvalue weighted by Gasteiger charge is -2.43. The third-order valence-electron chi connectivity index (χ3n) is 3.79. The van der Waals surface area contributed by atoms with E-state index in [1.807, 2.05) is 18.2 Å². The Morgan fingerprint density at radius 2 is 2.11 bits per heavy atom. The van der Waals surface area contributed by atoms with Gasteiger partial charge in [-0.05, 0) is 24.8 Å². The average molecular weight is 282 g/mol. The van der Waals surface area contributed by atoms with E-state index in [9.17, 15) is 4.79 Å². The number of carbonyl (C=O) groups excluding carboxylic acids is 1. The Labute approximate surface area is 119 Å². The molecule has 0 amide bonds. The van der Waals surface area contributed by atoms with E-state index in [-0.39, 0.29) is 11.5 Å². The standard InChI is InChI=1S/C15H20ClNO2/c16-9-15(10-17-11-15)8-14(19-12-18)7-6-13-4-2-1-3-5-13/h1-5,12,14,17H,6-11H2. The smallest absolute Gasteiger partial charge is 0.293 e. The Balaban J connectivity index is 1.87. The SMILES string of the molecule is O=COC(CCc1ccccc1)CC1(CCl)CNC1. The van der Waals surface area contributed by atoms with Crippen molar-refractivity contribution < 1.29 is 9.53 Å². The number of nitrogens with one attached hydrogen (secondary N) is 1. The van der Waals surface area contributed by atoms with Crippen molar-refractivity contribution in [3.63, 3.8) is 0 Å². The monoisotopic (exact) mass is 281 g/mol. The Hall–Kier alpha value is -1.06. The van der Waals surface area contributed by atoms with E-state index < -0.39 is 0 Å². The van der Waals surface area contributed by atoms with E-state index >= 15 is 0 Å². The number of halogens is 1. The molecule has 0 aromatic heterocycles. The van der Waals surface area contributed by atoms with Crippen molar-refractivity contribution in [3.05, 3.63) is 35.9 Å². The summed E-state index contributed by atoms with van der Waals surface area (Å²) in [4.78, 5) is 10.6. The normalized spacial score (nSPS) is 18.4. The molecule has 0 bridgehead atoms. The summed E-state index contributed by atoms with van der Waals surface area (Å²) in [6.45, 7) is 2.39. The van der Waals surface area contributed by atoms with Crippen molar-refractivity contribution in [2.45, 2.75) is 25.4 Å². The number of hydrogen-bond acceptors (Lipinski definition) is 3. The van der Waals surface area contributed by atoms with Crippen LogP contribution >= 0.6 is 11.6 Å². The molecule has 0 saturated carbocycles. The molecule has 1 aliphatic heterocycles. The topological polar surface area (TPSA) is 38.3 Å². The lowest BCUT2D eigenvalue weighted by molar-refractivity contribution is -0.135. The summed E-state index contributed by atoms with van der Waals surface area (Å²) in [5.74, 6) is 0.615. The van der Waals surface area contributed by atoms with Crippen molar-refractivity contribution in [2.75, 3.05) is 19.0 Å². The van der Waals surface area contributed by atoms with Crippen LogP contribution in [0.5, 0.6) is 0 Å². The molecule has 0 aliphatic carbocycles. The van der Waals surface area contributed by atoms with Crippen LogP contribution in [0.3, 0.4) is 0 Å². The van der Waals surface area contributed by atoms with Gasteiger partial charge in [-0.15, -0.1) is 11.6 Å². The highest BCUT2D eigenvalue weighted by atomic mass is 35.5. The molecule has 1 N–H and O–H groups in total. The number of carbonyl (C=O) groups is 1. The van der Waals surface area contributed by atoms with Crippen molar-refractivity contribution in [1.82, 2.24) is 5.32 Å². The molecule has 3 nitrogen and oxygen atoms in total. The first kappa shape index (κ1) is 14.4. The molecule has 19 heavy (non-hydrogen) atoms. The van der Waals surface area contributed by atoms with E-state index in [4.69, 9.17) is 16.3 Å². The summed E-state index contributed by atoms with van der Waals surface area (Å²) in [7, 11) is 0. The molecule has 2 rings (SSSR count). The highest BCUT2D eigenvalue weighted by Crippen LogP contribution is 2.32. The molecular weight excluding hydrogens is 262 g/mol. The van der Waals surface area contributed by atoms with E-state index in [0.717, 1.165) is 32.4 Å². The third kappa shape index (κ3) is 3.95. The molecule has 1 heterocycles. The van der Waals surface area contributed by atoms with Crippen LogP contribution in [-0.2, 0) is 16.0 Å². The summed E-state index contributed by atoms with van der Waals surface area (Å²) in [5.41, 5.74) is 1.37. The summed E-state index contributed by atoms with van der Waals surface area (Å²) in [5, 5.41) is 3.25. The van der Waals surface area contributed by atoms with Gasteiger partial charge >= 0.3 is 0 Å². The first-order chi connectivity index (χ1) is 9.28. The molecule has 1 fully saturated rings.